The first-order valence-electron chi connectivity index (χ1n) is 7.67. The number of carboxylic acids is 1. The second-order valence-electron chi connectivity index (χ2n) is 5.82. The normalized spacial score (nSPS) is 14.8. The van der Waals surface area contributed by atoms with E-state index in [1.807, 2.05) is 12.1 Å². The summed E-state index contributed by atoms with van der Waals surface area (Å²) in [5, 5.41) is 11.0. The van der Waals surface area contributed by atoms with Gasteiger partial charge in [0.1, 0.15) is 6.04 Å². The van der Waals surface area contributed by atoms with Crippen LogP contribution in [0.5, 0.6) is 0 Å². The molecule has 2 heterocycles. The van der Waals surface area contributed by atoms with Crippen molar-refractivity contribution < 1.29 is 19.5 Å². The number of imidazole rings is 1. The second-order valence-corrected chi connectivity index (χ2v) is 5.82. The third-order valence-corrected chi connectivity index (χ3v) is 4.37. The highest BCUT2D eigenvalue weighted by Crippen LogP contribution is 2.31. The number of imide groups is 1. The van der Waals surface area contributed by atoms with Gasteiger partial charge in [-0.2, -0.15) is 0 Å². The van der Waals surface area contributed by atoms with Crippen molar-refractivity contribution in [2.24, 2.45) is 0 Å². The summed E-state index contributed by atoms with van der Waals surface area (Å²) in [7, 11) is 0. The molecule has 0 radical (unpaired) electrons. The SMILES string of the molecule is O=C(O)[C@H](Cc1cnc[nH]1)N1C(=O)c2cccc3cccc(c23)C1=O. The number of carbonyl (C=O) groups excluding carboxylic acids is 2. The van der Waals surface area contributed by atoms with E-state index >= 15 is 0 Å². The Morgan fingerprint density at radius 3 is 2.28 bits per heavy atom. The van der Waals surface area contributed by atoms with Gasteiger partial charge in [0.25, 0.3) is 11.8 Å². The summed E-state index contributed by atoms with van der Waals surface area (Å²) in [5.74, 6) is -2.44. The lowest BCUT2D eigenvalue weighted by atomic mass is 9.92. The summed E-state index contributed by atoms with van der Waals surface area (Å²) in [5.41, 5.74) is 1.21. The van der Waals surface area contributed by atoms with E-state index in [4.69, 9.17) is 0 Å². The molecule has 0 aliphatic carbocycles. The molecule has 7 nitrogen and oxygen atoms in total. The number of carboxylic acid groups (broad SMARTS) is 1. The summed E-state index contributed by atoms with van der Waals surface area (Å²) >= 11 is 0. The van der Waals surface area contributed by atoms with Crippen molar-refractivity contribution >= 4 is 28.6 Å². The fourth-order valence-electron chi connectivity index (χ4n) is 3.23. The van der Waals surface area contributed by atoms with Gasteiger partial charge in [-0.05, 0) is 17.5 Å². The zero-order valence-corrected chi connectivity index (χ0v) is 13.0. The molecule has 0 bridgehead atoms. The van der Waals surface area contributed by atoms with Crippen molar-refractivity contribution in [3.05, 3.63) is 65.7 Å². The number of rotatable bonds is 4. The molecular formula is C18H13N3O4. The number of nitrogens with one attached hydrogen (secondary N) is 1. The van der Waals surface area contributed by atoms with Crippen LogP contribution in [-0.2, 0) is 11.2 Å². The molecule has 4 rings (SSSR count). The van der Waals surface area contributed by atoms with Crippen LogP contribution in [0.15, 0.2) is 48.9 Å². The molecule has 0 spiro atoms. The van der Waals surface area contributed by atoms with Crippen LogP contribution in [0.2, 0.25) is 0 Å². The highest BCUT2D eigenvalue weighted by atomic mass is 16.4. The monoisotopic (exact) mass is 335 g/mol. The molecule has 0 saturated carbocycles. The first-order valence-corrected chi connectivity index (χ1v) is 7.67. The average molecular weight is 335 g/mol. The van der Waals surface area contributed by atoms with E-state index in [9.17, 15) is 19.5 Å². The van der Waals surface area contributed by atoms with E-state index in [1.54, 1.807) is 24.3 Å². The van der Waals surface area contributed by atoms with Gasteiger partial charge in [0.15, 0.2) is 0 Å². The Morgan fingerprint density at radius 1 is 1.12 bits per heavy atom. The van der Waals surface area contributed by atoms with Crippen molar-refractivity contribution in [1.82, 2.24) is 14.9 Å². The summed E-state index contributed by atoms with van der Waals surface area (Å²) in [4.78, 5) is 45.1. The minimum atomic E-state index is -1.32. The lowest BCUT2D eigenvalue weighted by Gasteiger charge is -2.31. The zero-order chi connectivity index (χ0) is 17.6. The maximum Gasteiger partial charge on any atom is 0.327 e. The van der Waals surface area contributed by atoms with Crippen molar-refractivity contribution in [2.75, 3.05) is 0 Å². The van der Waals surface area contributed by atoms with Crippen LogP contribution < -0.4 is 0 Å². The van der Waals surface area contributed by atoms with Crippen LogP contribution in [-0.4, -0.2) is 43.8 Å². The van der Waals surface area contributed by atoms with Gasteiger partial charge < -0.3 is 10.1 Å². The first-order chi connectivity index (χ1) is 12.1. The number of aromatic amines is 1. The molecule has 0 saturated heterocycles. The highest BCUT2D eigenvalue weighted by Gasteiger charge is 2.40. The van der Waals surface area contributed by atoms with Crippen molar-refractivity contribution in [3.8, 4) is 0 Å². The first kappa shape index (κ1) is 15.1. The Labute approximate surface area is 141 Å². The topological polar surface area (TPSA) is 103 Å². The van der Waals surface area contributed by atoms with E-state index in [2.05, 4.69) is 9.97 Å². The molecule has 1 atom stereocenters. The summed E-state index contributed by atoms with van der Waals surface area (Å²) in [6.07, 6.45) is 2.86. The second kappa shape index (κ2) is 5.55. The Bertz CT molecular complexity index is 960. The van der Waals surface area contributed by atoms with Crippen LogP contribution in [0, 0.1) is 0 Å². The average Bonchev–Trinajstić information content (AvgIpc) is 3.12. The lowest BCUT2D eigenvalue weighted by molar-refractivity contribution is -0.141. The summed E-state index contributed by atoms with van der Waals surface area (Å²) in [6.45, 7) is 0. The maximum atomic E-state index is 12.9. The predicted molar refractivity (Wildman–Crippen MR) is 88.2 cm³/mol. The van der Waals surface area contributed by atoms with E-state index in [-0.39, 0.29) is 6.42 Å². The molecule has 2 amide bonds. The number of nitrogens with zero attached hydrogens (tertiary/aromatic N) is 2. The standard InChI is InChI=1S/C18H13N3O4/c22-16-12-5-1-3-10-4-2-6-13(15(10)12)17(23)21(16)14(18(24)25)7-11-8-19-9-20-11/h1-6,8-9,14H,7H2,(H,19,20)(H,24,25)/t14-/m0/s1. The van der Waals surface area contributed by atoms with Gasteiger partial charge in [-0.3, -0.25) is 14.5 Å². The Hall–Kier alpha value is -3.48. The summed E-state index contributed by atoms with van der Waals surface area (Å²) in [6, 6.07) is 8.99. The third kappa shape index (κ3) is 2.28. The van der Waals surface area contributed by atoms with Crippen LogP contribution in [0.4, 0.5) is 0 Å². The third-order valence-electron chi connectivity index (χ3n) is 4.37. The highest BCUT2D eigenvalue weighted by molar-refractivity contribution is 6.26. The molecule has 7 heteroatoms. The fourth-order valence-corrected chi connectivity index (χ4v) is 3.23. The van der Waals surface area contributed by atoms with Crippen LogP contribution >= 0.6 is 0 Å². The summed E-state index contributed by atoms with van der Waals surface area (Å²) < 4.78 is 0. The van der Waals surface area contributed by atoms with Gasteiger partial charge in [0.05, 0.1) is 6.33 Å². The quantitative estimate of drug-likeness (QED) is 0.708. The number of benzene rings is 2. The van der Waals surface area contributed by atoms with Crippen LogP contribution in [0.3, 0.4) is 0 Å². The molecule has 0 fully saturated rings. The number of hydrogen-bond acceptors (Lipinski definition) is 4. The van der Waals surface area contributed by atoms with E-state index in [0.29, 0.717) is 22.2 Å². The molecule has 1 aromatic heterocycles. The number of aliphatic carboxylic acids is 1. The predicted octanol–water partition coefficient (Wildman–Crippen LogP) is 1.85. The van der Waals surface area contributed by atoms with Crippen molar-refractivity contribution in [2.45, 2.75) is 12.5 Å². The van der Waals surface area contributed by atoms with E-state index in [0.717, 1.165) is 10.3 Å². The number of aromatic nitrogens is 2. The number of H-pyrrole nitrogens is 1. The fraction of sp³-hybridized carbons (Fsp3) is 0.111. The van der Waals surface area contributed by atoms with Crippen LogP contribution in [0.1, 0.15) is 26.4 Å². The van der Waals surface area contributed by atoms with E-state index in [1.165, 1.54) is 12.5 Å². The molecule has 1 aliphatic rings. The molecular weight excluding hydrogens is 322 g/mol. The van der Waals surface area contributed by atoms with E-state index < -0.39 is 23.8 Å². The smallest absolute Gasteiger partial charge is 0.327 e. The molecule has 1 aliphatic heterocycles. The number of amides is 2. The minimum Gasteiger partial charge on any atom is -0.480 e. The van der Waals surface area contributed by atoms with Crippen molar-refractivity contribution in [3.63, 3.8) is 0 Å². The largest absolute Gasteiger partial charge is 0.480 e. The van der Waals surface area contributed by atoms with Gasteiger partial charge in [-0.25, -0.2) is 9.78 Å². The number of carbonyl (C=O) groups is 3. The lowest BCUT2D eigenvalue weighted by Crippen LogP contribution is -2.51. The molecule has 25 heavy (non-hydrogen) atoms. The Kier molecular flexibility index (Phi) is 3.35. The Morgan fingerprint density at radius 2 is 1.76 bits per heavy atom. The van der Waals surface area contributed by atoms with Crippen LogP contribution in [0.25, 0.3) is 10.8 Å². The molecule has 2 N–H and O–H groups in total. The van der Waals surface area contributed by atoms with Gasteiger partial charge in [0, 0.05) is 34.8 Å². The molecule has 0 unspecified atom stereocenters. The maximum absolute atomic E-state index is 12.9. The van der Waals surface area contributed by atoms with Gasteiger partial charge >= 0.3 is 5.97 Å². The molecule has 124 valence electrons. The zero-order valence-electron chi connectivity index (χ0n) is 13.0. The minimum absolute atomic E-state index is 0.0367. The van der Waals surface area contributed by atoms with Gasteiger partial charge in [0.2, 0.25) is 0 Å². The molecule has 2 aromatic carbocycles. The van der Waals surface area contributed by atoms with Gasteiger partial charge in [-0.15, -0.1) is 0 Å². The Balaban J connectivity index is 1.84. The number of hydrogen-bond donors (Lipinski definition) is 2. The van der Waals surface area contributed by atoms with Crippen molar-refractivity contribution in [1.29, 1.82) is 0 Å². The van der Waals surface area contributed by atoms with Gasteiger partial charge in [-0.1, -0.05) is 24.3 Å². The molecule has 3 aromatic rings.